The summed E-state index contributed by atoms with van der Waals surface area (Å²) in [5, 5.41) is 33.7. The number of rotatable bonds is 3. The van der Waals surface area contributed by atoms with Crippen molar-refractivity contribution in [1.82, 2.24) is 0 Å². The topological polar surface area (TPSA) is 80.9 Å². The number of hydrogen-bond donors (Lipinski definition) is 4. The van der Waals surface area contributed by atoms with Crippen molar-refractivity contribution < 1.29 is 39.9 Å². The predicted octanol–water partition coefficient (Wildman–Crippen LogP) is -1.57. The predicted molar refractivity (Wildman–Crippen MR) is 29.6 cm³/mol. The van der Waals surface area contributed by atoms with Crippen molar-refractivity contribution in [2.45, 2.75) is 18.3 Å². The van der Waals surface area contributed by atoms with Crippen LogP contribution in [-0.2, 0) is 19.5 Å². The molecule has 0 aromatic rings. The zero-order valence-electron chi connectivity index (χ0n) is 5.51. The van der Waals surface area contributed by atoms with Crippen LogP contribution in [0, 0.1) is 13.5 Å². The maximum absolute atomic E-state index is 8.64. The summed E-state index contributed by atoms with van der Waals surface area (Å²) in [4.78, 5) is 0. The van der Waals surface area contributed by atoms with Gasteiger partial charge in [0, 0.05) is 0 Å². The molecule has 0 heterocycles. The molecule has 56 valence electrons. The molecule has 3 atom stereocenters. The standard InChI is InChI=1S/C5H10O4.Zn/c1-3(7)5(9)4(8)2-6;/h2-9H,1H2;/q-2;+2/t3-,4+,5+;/m1./s1. The van der Waals surface area contributed by atoms with Crippen molar-refractivity contribution in [1.29, 1.82) is 0 Å². The normalized spacial score (nSPS) is 18.9. The summed E-state index contributed by atoms with van der Waals surface area (Å²) in [5.74, 6) is 0. The second-order valence-corrected chi connectivity index (χ2v) is 1.70. The molecule has 0 aliphatic heterocycles. The molecular weight excluding hydrogens is 189 g/mol. The van der Waals surface area contributed by atoms with Crippen molar-refractivity contribution in [3.8, 4) is 0 Å². The summed E-state index contributed by atoms with van der Waals surface area (Å²) in [6.07, 6.45) is -4.14. The van der Waals surface area contributed by atoms with Gasteiger partial charge in [-0.3, -0.25) is 0 Å². The second kappa shape index (κ2) is 6.19. The minimum atomic E-state index is -1.43. The summed E-state index contributed by atoms with van der Waals surface area (Å²) in [7, 11) is 0. The van der Waals surface area contributed by atoms with Crippen LogP contribution >= 0.6 is 0 Å². The Labute approximate surface area is 72.3 Å². The smallest absolute Gasteiger partial charge is 0.563 e. The Morgan fingerprint density at radius 1 is 1.20 bits per heavy atom. The van der Waals surface area contributed by atoms with Crippen LogP contribution in [0.5, 0.6) is 0 Å². The molecule has 0 saturated carbocycles. The molecule has 4 N–H and O–H groups in total. The van der Waals surface area contributed by atoms with E-state index in [-0.39, 0.29) is 19.5 Å². The molecule has 0 bridgehead atoms. The molecule has 0 fully saturated rings. The van der Waals surface area contributed by atoms with Gasteiger partial charge in [0.15, 0.2) is 0 Å². The Kier molecular flexibility index (Phi) is 8.10. The first-order valence-electron chi connectivity index (χ1n) is 2.44. The van der Waals surface area contributed by atoms with Crippen LogP contribution in [0.4, 0.5) is 0 Å². The van der Waals surface area contributed by atoms with Crippen LogP contribution in [0.25, 0.3) is 0 Å². The van der Waals surface area contributed by atoms with Gasteiger partial charge < -0.3 is 27.3 Å². The summed E-state index contributed by atoms with van der Waals surface area (Å²) >= 11 is 0. The second-order valence-electron chi connectivity index (χ2n) is 1.70. The van der Waals surface area contributed by atoms with Gasteiger partial charge in [0.05, 0.1) is 6.10 Å². The van der Waals surface area contributed by atoms with E-state index in [2.05, 4.69) is 6.92 Å². The van der Waals surface area contributed by atoms with Gasteiger partial charge in [-0.25, -0.2) is 0 Å². The van der Waals surface area contributed by atoms with Gasteiger partial charge in [0.2, 0.25) is 0 Å². The molecule has 5 heteroatoms. The third kappa shape index (κ3) is 4.31. The molecule has 0 aliphatic rings. The molecule has 0 unspecified atom stereocenters. The van der Waals surface area contributed by atoms with E-state index >= 15 is 0 Å². The Morgan fingerprint density at radius 3 is 1.70 bits per heavy atom. The minimum absolute atomic E-state index is 0. The van der Waals surface area contributed by atoms with Gasteiger partial charge in [-0.1, -0.05) is 0 Å². The van der Waals surface area contributed by atoms with Gasteiger partial charge >= 0.3 is 19.5 Å². The first kappa shape index (κ1) is 13.1. The summed E-state index contributed by atoms with van der Waals surface area (Å²) in [6, 6.07) is 0. The van der Waals surface area contributed by atoms with E-state index in [1.807, 2.05) is 0 Å². The Balaban J connectivity index is 0. The zero-order chi connectivity index (χ0) is 7.44. The van der Waals surface area contributed by atoms with Crippen molar-refractivity contribution in [2.75, 3.05) is 0 Å². The summed E-state index contributed by atoms with van der Waals surface area (Å²) in [5.41, 5.74) is 0. The van der Waals surface area contributed by atoms with Crippen molar-refractivity contribution in [3.05, 3.63) is 13.5 Å². The van der Waals surface area contributed by atoms with Gasteiger partial charge in [-0.2, -0.15) is 6.61 Å². The van der Waals surface area contributed by atoms with Gasteiger partial charge in [-0.15, -0.1) is 0 Å². The Morgan fingerprint density at radius 2 is 1.60 bits per heavy atom. The Hall–Kier alpha value is 0.463. The molecule has 0 radical (unpaired) electrons. The van der Waals surface area contributed by atoms with Gasteiger partial charge in [0.25, 0.3) is 0 Å². The van der Waals surface area contributed by atoms with Crippen LogP contribution in [-0.4, -0.2) is 38.7 Å². The van der Waals surface area contributed by atoms with E-state index in [1.165, 1.54) is 0 Å². The van der Waals surface area contributed by atoms with Crippen LogP contribution in [0.3, 0.4) is 0 Å². The van der Waals surface area contributed by atoms with E-state index in [9.17, 15) is 0 Å². The largest absolute Gasteiger partial charge is 2.00 e. The number of hydrogen-bond acceptors (Lipinski definition) is 4. The molecular formula is C5H10O4Zn. The van der Waals surface area contributed by atoms with E-state index in [1.54, 1.807) is 0 Å². The van der Waals surface area contributed by atoms with E-state index in [0.717, 1.165) is 0 Å². The molecule has 0 saturated heterocycles. The van der Waals surface area contributed by atoms with Crippen molar-refractivity contribution in [3.63, 3.8) is 0 Å². The fraction of sp³-hybridized carbons (Fsp3) is 0.600. The van der Waals surface area contributed by atoms with Crippen molar-refractivity contribution >= 4 is 0 Å². The quantitative estimate of drug-likeness (QED) is 0.327. The van der Waals surface area contributed by atoms with Crippen LogP contribution < -0.4 is 0 Å². The van der Waals surface area contributed by atoms with E-state index in [4.69, 9.17) is 20.4 Å². The first-order chi connectivity index (χ1) is 4.09. The Bertz CT molecular complexity index is 78.0. The first-order valence-corrected chi connectivity index (χ1v) is 2.44. The average molecular weight is 200 g/mol. The minimum Gasteiger partial charge on any atom is -0.563 e. The molecule has 0 aromatic heterocycles. The molecule has 0 aromatic carbocycles. The summed E-state index contributed by atoms with van der Waals surface area (Å²) in [6.45, 7) is 3.41. The average Bonchev–Trinajstić information content (AvgIpc) is 1.84. The number of aliphatic hydroxyl groups is 4. The molecule has 0 amide bonds. The van der Waals surface area contributed by atoms with E-state index in [0.29, 0.717) is 6.61 Å². The molecule has 0 rings (SSSR count). The van der Waals surface area contributed by atoms with E-state index < -0.39 is 18.3 Å². The van der Waals surface area contributed by atoms with Crippen LogP contribution in [0.1, 0.15) is 0 Å². The fourth-order valence-electron chi connectivity index (χ4n) is 0.316. The third-order valence-corrected chi connectivity index (χ3v) is 0.897. The molecule has 4 nitrogen and oxygen atoms in total. The molecule has 10 heavy (non-hydrogen) atoms. The fourth-order valence-corrected chi connectivity index (χ4v) is 0.316. The number of aliphatic hydroxyl groups excluding tert-OH is 4. The third-order valence-electron chi connectivity index (χ3n) is 0.897. The maximum Gasteiger partial charge on any atom is 2.00 e. The van der Waals surface area contributed by atoms with Crippen LogP contribution in [0.15, 0.2) is 0 Å². The molecule has 0 spiro atoms. The van der Waals surface area contributed by atoms with Crippen LogP contribution in [0.2, 0.25) is 0 Å². The van der Waals surface area contributed by atoms with Crippen molar-refractivity contribution in [2.24, 2.45) is 0 Å². The maximum atomic E-state index is 8.64. The SMILES string of the molecule is [CH2-][C@@H](O)[C@H](O)[C@@H](O)[CH-]O.[Zn+2]. The monoisotopic (exact) mass is 198 g/mol. The van der Waals surface area contributed by atoms with Gasteiger partial charge in [0.1, 0.15) is 0 Å². The zero-order valence-corrected chi connectivity index (χ0v) is 8.48. The molecule has 0 aliphatic carbocycles. The summed E-state index contributed by atoms with van der Waals surface area (Å²) < 4.78 is 0. The van der Waals surface area contributed by atoms with Gasteiger partial charge in [-0.05, 0) is 12.2 Å².